The molecule has 2 rings (SSSR count). The molecule has 2 atom stereocenters. The number of nitrogens with two attached hydrogens (primary N) is 1. The molecular weight excluding hydrogens is 210 g/mol. The summed E-state index contributed by atoms with van der Waals surface area (Å²) in [6, 6.07) is -0.987. The molecule has 2 N–H and O–H groups in total. The number of rotatable bonds is 1. The molecule has 0 spiro atoms. The summed E-state index contributed by atoms with van der Waals surface area (Å²) in [5.41, 5.74) is 5.60. The average Bonchev–Trinajstić information content (AvgIpc) is 2.58. The van der Waals surface area contributed by atoms with Gasteiger partial charge in [0, 0.05) is 20.0 Å². The quantitative estimate of drug-likeness (QED) is 0.562. The number of carbonyl (C=O) groups excluding carboxylic acids is 3. The fraction of sp³-hybridized carbons (Fsp3) is 0.700. The van der Waals surface area contributed by atoms with E-state index in [-0.39, 0.29) is 17.7 Å². The Morgan fingerprint density at radius 3 is 2.44 bits per heavy atom. The summed E-state index contributed by atoms with van der Waals surface area (Å²) in [6.07, 6.45) is 1.31. The maximum Gasteiger partial charge on any atom is 0.251 e. The minimum atomic E-state index is -0.497. The Hall–Kier alpha value is -1.43. The molecule has 2 unspecified atom stereocenters. The molecule has 2 fully saturated rings. The predicted octanol–water partition coefficient (Wildman–Crippen LogP) is -1.31. The lowest BCUT2D eigenvalue weighted by Gasteiger charge is -2.33. The highest BCUT2D eigenvalue weighted by Crippen LogP contribution is 2.21. The number of piperidine rings is 1. The molecule has 0 aliphatic carbocycles. The van der Waals surface area contributed by atoms with Gasteiger partial charge in [-0.1, -0.05) is 0 Å². The van der Waals surface area contributed by atoms with Gasteiger partial charge in [0.05, 0.1) is 6.04 Å². The summed E-state index contributed by atoms with van der Waals surface area (Å²) in [5, 5.41) is 0. The zero-order chi connectivity index (χ0) is 11.9. The molecule has 6 nitrogen and oxygen atoms in total. The molecule has 88 valence electrons. The number of nitrogens with zero attached hydrogens (tertiary/aromatic N) is 2. The van der Waals surface area contributed by atoms with Crippen molar-refractivity contribution >= 4 is 17.7 Å². The number of hydrogen-bond acceptors (Lipinski definition) is 4. The van der Waals surface area contributed by atoms with Crippen LogP contribution in [0.2, 0.25) is 0 Å². The molecule has 0 saturated carbocycles. The van der Waals surface area contributed by atoms with Crippen LogP contribution in [-0.2, 0) is 14.4 Å². The maximum atomic E-state index is 11.8. The van der Waals surface area contributed by atoms with Crippen LogP contribution in [0.3, 0.4) is 0 Å². The molecule has 0 aromatic rings. The van der Waals surface area contributed by atoms with E-state index in [0.717, 1.165) is 4.90 Å². The number of likely N-dealkylation sites (N-methyl/N-ethyl adjacent to an activating group) is 1. The zero-order valence-corrected chi connectivity index (χ0v) is 9.18. The van der Waals surface area contributed by atoms with E-state index in [4.69, 9.17) is 5.73 Å². The highest BCUT2D eigenvalue weighted by molar-refractivity contribution is 6.02. The lowest BCUT2D eigenvalue weighted by Crippen LogP contribution is -2.54. The van der Waals surface area contributed by atoms with Gasteiger partial charge in [-0.15, -0.1) is 0 Å². The van der Waals surface area contributed by atoms with E-state index < -0.39 is 12.1 Å². The van der Waals surface area contributed by atoms with Gasteiger partial charge in [-0.3, -0.25) is 19.3 Å². The summed E-state index contributed by atoms with van der Waals surface area (Å²) in [6.45, 7) is 0.512. The first kappa shape index (κ1) is 11.1. The number of hydrogen-bond donors (Lipinski definition) is 1. The second-order valence-electron chi connectivity index (χ2n) is 4.27. The van der Waals surface area contributed by atoms with Gasteiger partial charge in [-0.25, -0.2) is 0 Å². The third-order valence-corrected chi connectivity index (χ3v) is 3.28. The van der Waals surface area contributed by atoms with Gasteiger partial charge in [0.25, 0.3) is 5.91 Å². The SMILES string of the molecule is CN1C(=O)CCC(N2CCC(N)C2=O)C1=O. The molecular formula is C10H15N3O3. The molecule has 0 radical (unpaired) electrons. The monoisotopic (exact) mass is 225 g/mol. The van der Waals surface area contributed by atoms with Gasteiger partial charge < -0.3 is 10.6 Å². The van der Waals surface area contributed by atoms with Crippen LogP contribution >= 0.6 is 0 Å². The number of likely N-dealkylation sites (tertiary alicyclic amines) is 2. The van der Waals surface area contributed by atoms with Crippen molar-refractivity contribution in [1.29, 1.82) is 0 Å². The standard InChI is InChI=1S/C10H15N3O3/c1-12-8(14)3-2-7(10(12)16)13-5-4-6(11)9(13)15/h6-7H,2-5,11H2,1H3. The van der Waals surface area contributed by atoms with Crippen LogP contribution < -0.4 is 5.73 Å². The van der Waals surface area contributed by atoms with Crippen LogP contribution in [0, 0.1) is 0 Å². The number of imide groups is 1. The van der Waals surface area contributed by atoms with E-state index in [9.17, 15) is 14.4 Å². The second-order valence-corrected chi connectivity index (χ2v) is 4.27. The largest absolute Gasteiger partial charge is 0.329 e. The lowest BCUT2D eigenvalue weighted by atomic mass is 10.0. The zero-order valence-electron chi connectivity index (χ0n) is 9.18. The van der Waals surface area contributed by atoms with Crippen LogP contribution in [0.4, 0.5) is 0 Å². The van der Waals surface area contributed by atoms with Gasteiger partial charge in [-0.2, -0.15) is 0 Å². The van der Waals surface area contributed by atoms with Crippen molar-refractivity contribution in [3.63, 3.8) is 0 Å². The average molecular weight is 225 g/mol. The van der Waals surface area contributed by atoms with Crippen LogP contribution in [0.1, 0.15) is 19.3 Å². The smallest absolute Gasteiger partial charge is 0.251 e. The highest BCUT2D eigenvalue weighted by atomic mass is 16.2. The fourth-order valence-corrected chi connectivity index (χ4v) is 2.22. The topological polar surface area (TPSA) is 83.7 Å². The van der Waals surface area contributed by atoms with Gasteiger partial charge in [0.1, 0.15) is 6.04 Å². The van der Waals surface area contributed by atoms with E-state index in [2.05, 4.69) is 0 Å². The maximum absolute atomic E-state index is 11.8. The minimum Gasteiger partial charge on any atom is -0.329 e. The fourth-order valence-electron chi connectivity index (χ4n) is 2.22. The lowest BCUT2D eigenvalue weighted by molar-refractivity contribution is -0.154. The van der Waals surface area contributed by atoms with Gasteiger partial charge >= 0.3 is 0 Å². The Balaban J connectivity index is 2.14. The van der Waals surface area contributed by atoms with Crippen molar-refractivity contribution < 1.29 is 14.4 Å². The minimum absolute atomic E-state index is 0.180. The Bertz CT molecular complexity index is 355. The first-order valence-electron chi connectivity index (χ1n) is 5.39. The molecule has 2 aliphatic rings. The third-order valence-electron chi connectivity index (χ3n) is 3.28. The third kappa shape index (κ3) is 1.59. The normalized spacial score (nSPS) is 31.5. The van der Waals surface area contributed by atoms with Crippen molar-refractivity contribution in [1.82, 2.24) is 9.80 Å². The van der Waals surface area contributed by atoms with Crippen molar-refractivity contribution in [2.75, 3.05) is 13.6 Å². The molecule has 0 bridgehead atoms. The summed E-state index contributed by atoms with van der Waals surface area (Å²) in [5.74, 6) is -0.656. The Morgan fingerprint density at radius 2 is 1.88 bits per heavy atom. The molecule has 6 heteroatoms. The van der Waals surface area contributed by atoms with Gasteiger partial charge in [0.15, 0.2) is 0 Å². The molecule has 2 aliphatic heterocycles. The molecule has 3 amide bonds. The van der Waals surface area contributed by atoms with Crippen molar-refractivity contribution in [3.8, 4) is 0 Å². The van der Waals surface area contributed by atoms with Crippen molar-refractivity contribution in [3.05, 3.63) is 0 Å². The van der Waals surface area contributed by atoms with Crippen molar-refractivity contribution in [2.45, 2.75) is 31.3 Å². The van der Waals surface area contributed by atoms with E-state index in [1.807, 2.05) is 0 Å². The van der Waals surface area contributed by atoms with E-state index in [1.165, 1.54) is 11.9 Å². The predicted molar refractivity (Wildman–Crippen MR) is 55.1 cm³/mol. The number of carbonyl (C=O) groups is 3. The van der Waals surface area contributed by atoms with E-state index in [1.54, 1.807) is 0 Å². The molecule has 0 aromatic carbocycles. The number of amides is 3. The van der Waals surface area contributed by atoms with Crippen LogP contribution in [0.25, 0.3) is 0 Å². The van der Waals surface area contributed by atoms with Crippen LogP contribution in [-0.4, -0.2) is 53.2 Å². The van der Waals surface area contributed by atoms with E-state index >= 15 is 0 Å². The van der Waals surface area contributed by atoms with Crippen LogP contribution in [0.5, 0.6) is 0 Å². The summed E-state index contributed by atoms with van der Waals surface area (Å²) < 4.78 is 0. The Kier molecular flexibility index (Phi) is 2.67. The Morgan fingerprint density at radius 1 is 1.19 bits per heavy atom. The molecule has 2 heterocycles. The first-order chi connectivity index (χ1) is 7.52. The Labute approximate surface area is 93.4 Å². The summed E-state index contributed by atoms with van der Waals surface area (Å²) >= 11 is 0. The molecule has 2 saturated heterocycles. The van der Waals surface area contributed by atoms with Gasteiger partial charge in [0.2, 0.25) is 11.8 Å². The molecule has 16 heavy (non-hydrogen) atoms. The molecule has 0 aromatic heterocycles. The highest BCUT2D eigenvalue weighted by Gasteiger charge is 2.41. The van der Waals surface area contributed by atoms with E-state index in [0.29, 0.717) is 25.8 Å². The van der Waals surface area contributed by atoms with Crippen molar-refractivity contribution in [2.24, 2.45) is 5.73 Å². The summed E-state index contributed by atoms with van der Waals surface area (Å²) in [4.78, 5) is 37.4. The first-order valence-corrected chi connectivity index (χ1v) is 5.39. The van der Waals surface area contributed by atoms with Gasteiger partial charge in [-0.05, 0) is 12.8 Å². The second kappa shape index (κ2) is 3.86. The van der Waals surface area contributed by atoms with Crippen LogP contribution in [0.15, 0.2) is 0 Å². The summed E-state index contributed by atoms with van der Waals surface area (Å²) in [7, 11) is 1.46.